The van der Waals surface area contributed by atoms with Crippen molar-refractivity contribution in [1.29, 1.82) is 0 Å². The predicted octanol–water partition coefficient (Wildman–Crippen LogP) is 5.52. The maximum atomic E-state index is 12.1. The molecule has 0 spiro atoms. The van der Waals surface area contributed by atoms with Gasteiger partial charge in [0.1, 0.15) is 0 Å². The van der Waals surface area contributed by atoms with Gasteiger partial charge in [0.05, 0.1) is 29.8 Å². The number of carbonyl (C=O) groups excluding carboxylic acids is 1. The molecule has 7 rings (SSSR count). The average Bonchev–Trinajstić information content (AvgIpc) is 3.77. The van der Waals surface area contributed by atoms with E-state index in [1.54, 1.807) is 6.20 Å². The Kier molecular flexibility index (Phi) is 7.09. The van der Waals surface area contributed by atoms with E-state index in [2.05, 4.69) is 63.6 Å². The van der Waals surface area contributed by atoms with Crippen molar-refractivity contribution in [3.8, 4) is 11.1 Å². The van der Waals surface area contributed by atoms with Crippen LogP contribution < -0.4 is 0 Å². The van der Waals surface area contributed by atoms with E-state index in [1.165, 1.54) is 43.4 Å². The molecule has 0 bridgehead atoms. The van der Waals surface area contributed by atoms with E-state index in [9.17, 15) is 4.79 Å². The van der Waals surface area contributed by atoms with Crippen molar-refractivity contribution >= 4 is 23.8 Å². The summed E-state index contributed by atoms with van der Waals surface area (Å²) in [5.41, 5.74) is 8.24. The van der Waals surface area contributed by atoms with Crippen LogP contribution >= 0.6 is 0 Å². The second-order valence-corrected chi connectivity index (χ2v) is 11.9. The van der Waals surface area contributed by atoms with E-state index in [-0.39, 0.29) is 0 Å². The van der Waals surface area contributed by atoms with Gasteiger partial charge in [0, 0.05) is 66.9 Å². The van der Waals surface area contributed by atoms with E-state index in [4.69, 9.17) is 15.2 Å². The lowest BCUT2D eigenvalue weighted by Crippen LogP contribution is -2.50. The SMILES string of the molecule is C=N/C=C\C(=C1\C=CC(N2CCN3C(=O)CCC3C2)=CC1)c1cnc2cc(-c3cnn(C4CCCCC4)c3)c(C)nn12. The molecule has 9 heteroatoms. The number of aryl methyl sites for hydroxylation is 1. The van der Waals surface area contributed by atoms with E-state index in [0.717, 1.165) is 66.2 Å². The Labute approximate surface area is 246 Å². The molecule has 0 N–H and O–H groups in total. The lowest BCUT2D eigenvalue weighted by molar-refractivity contribution is -0.130. The average molecular weight is 563 g/mol. The lowest BCUT2D eigenvalue weighted by atomic mass is 9.96. The monoisotopic (exact) mass is 562 g/mol. The molecule has 0 aromatic carbocycles. The van der Waals surface area contributed by atoms with Gasteiger partial charge in [-0.15, -0.1) is 0 Å². The van der Waals surface area contributed by atoms with Crippen molar-refractivity contribution in [3.05, 3.63) is 77.8 Å². The quantitative estimate of drug-likeness (QED) is 0.369. The molecule has 1 atom stereocenters. The molecule has 2 aliphatic heterocycles. The number of allylic oxidation sites excluding steroid dienone is 6. The summed E-state index contributed by atoms with van der Waals surface area (Å²) in [6, 6.07) is 2.96. The van der Waals surface area contributed by atoms with E-state index < -0.39 is 0 Å². The van der Waals surface area contributed by atoms with Crippen LogP contribution in [0, 0.1) is 6.92 Å². The second kappa shape index (κ2) is 11.2. The molecule has 9 nitrogen and oxygen atoms in total. The molecule has 5 heterocycles. The molecule has 216 valence electrons. The maximum absolute atomic E-state index is 12.1. The minimum atomic E-state index is 0.309. The number of fused-ring (bicyclic) bond motifs is 2. The van der Waals surface area contributed by atoms with Crippen LogP contribution in [0.3, 0.4) is 0 Å². The summed E-state index contributed by atoms with van der Waals surface area (Å²) in [4.78, 5) is 25.4. The summed E-state index contributed by atoms with van der Waals surface area (Å²) in [5, 5.41) is 9.73. The number of nitrogens with zero attached hydrogens (tertiary/aromatic N) is 8. The first-order valence-corrected chi connectivity index (χ1v) is 15.3. The summed E-state index contributed by atoms with van der Waals surface area (Å²) >= 11 is 0. The van der Waals surface area contributed by atoms with Gasteiger partial charge >= 0.3 is 0 Å². The summed E-state index contributed by atoms with van der Waals surface area (Å²) in [6.07, 6.45) is 25.2. The molecule has 4 aliphatic rings. The highest BCUT2D eigenvalue weighted by atomic mass is 16.2. The Balaban J connectivity index is 1.16. The molecule has 1 amide bonds. The van der Waals surface area contributed by atoms with Crippen LogP contribution in [0.25, 0.3) is 22.3 Å². The van der Waals surface area contributed by atoms with Crippen molar-refractivity contribution in [2.24, 2.45) is 4.99 Å². The van der Waals surface area contributed by atoms with E-state index in [1.807, 2.05) is 23.0 Å². The van der Waals surface area contributed by atoms with Crippen LogP contribution in [0.1, 0.15) is 68.8 Å². The molecular weight excluding hydrogens is 524 g/mol. The summed E-state index contributed by atoms with van der Waals surface area (Å²) in [6.45, 7) is 8.30. The Morgan fingerprint density at radius 1 is 1.10 bits per heavy atom. The standard InChI is InChI=1S/C33H38N8O/c1-23-30(25-19-36-40(21-25)27-6-4-3-5-7-27)18-32-35-20-31(41(32)37-23)29(14-15-34-2)24-8-10-26(11-9-24)38-16-17-39-28(22-38)12-13-33(39)42/h8,10-11,14-15,18-21,27-28H,2-7,9,12-13,16-17,22H2,1H3/b15-14-,29-24+. The van der Waals surface area contributed by atoms with Gasteiger partial charge in [0.15, 0.2) is 5.65 Å². The zero-order valence-electron chi connectivity index (χ0n) is 24.3. The number of aromatic nitrogens is 5. The predicted molar refractivity (Wildman–Crippen MR) is 165 cm³/mol. The highest BCUT2D eigenvalue weighted by molar-refractivity contribution is 5.80. The number of hydrogen-bond acceptors (Lipinski definition) is 6. The number of rotatable bonds is 6. The van der Waals surface area contributed by atoms with Crippen LogP contribution in [-0.4, -0.2) is 72.5 Å². The first kappa shape index (κ1) is 26.6. The molecule has 2 aliphatic carbocycles. The van der Waals surface area contributed by atoms with E-state index >= 15 is 0 Å². The van der Waals surface area contributed by atoms with E-state index in [0.29, 0.717) is 24.4 Å². The van der Waals surface area contributed by atoms with Crippen LogP contribution in [-0.2, 0) is 4.79 Å². The van der Waals surface area contributed by atoms with Gasteiger partial charge in [-0.2, -0.15) is 10.2 Å². The Morgan fingerprint density at radius 2 is 1.98 bits per heavy atom. The third-order valence-electron chi connectivity index (χ3n) is 9.35. The highest BCUT2D eigenvalue weighted by Gasteiger charge is 2.35. The summed E-state index contributed by atoms with van der Waals surface area (Å²) in [7, 11) is 0. The molecular formula is C33H38N8O. The third-order valence-corrected chi connectivity index (χ3v) is 9.35. The van der Waals surface area contributed by atoms with Crippen LogP contribution in [0.2, 0.25) is 0 Å². The minimum absolute atomic E-state index is 0.309. The van der Waals surface area contributed by atoms with Gasteiger partial charge in [-0.05, 0) is 63.1 Å². The Bertz CT molecular complexity index is 1650. The molecule has 1 saturated carbocycles. The minimum Gasteiger partial charge on any atom is -0.368 e. The third kappa shape index (κ3) is 4.91. The number of aliphatic imine (C=N–C) groups is 1. The molecule has 0 radical (unpaired) electrons. The van der Waals surface area contributed by atoms with Crippen molar-refractivity contribution < 1.29 is 4.79 Å². The number of imidazole rings is 1. The van der Waals surface area contributed by atoms with Crippen LogP contribution in [0.4, 0.5) is 0 Å². The van der Waals surface area contributed by atoms with Gasteiger partial charge in [0.2, 0.25) is 5.91 Å². The fourth-order valence-corrected chi connectivity index (χ4v) is 7.05. The normalized spacial score (nSPS) is 22.7. The first-order valence-electron chi connectivity index (χ1n) is 15.3. The van der Waals surface area contributed by atoms with Crippen molar-refractivity contribution in [1.82, 2.24) is 34.2 Å². The number of amides is 1. The van der Waals surface area contributed by atoms with Crippen molar-refractivity contribution in [2.45, 2.75) is 70.4 Å². The molecule has 3 fully saturated rings. The van der Waals surface area contributed by atoms with Gasteiger partial charge in [-0.25, -0.2) is 9.50 Å². The number of hydrogen-bond donors (Lipinski definition) is 0. The fraction of sp³-hybridized carbons (Fsp3) is 0.424. The zero-order chi connectivity index (χ0) is 28.6. The van der Waals surface area contributed by atoms with Crippen LogP contribution in [0.15, 0.2) is 71.4 Å². The molecule has 3 aromatic rings. The summed E-state index contributed by atoms with van der Waals surface area (Å²) < 4.78 is 4.08. The second-order valence-electron chi connectivity index (χ2n) is 11.9. The number of piperazine rings is 1. The smallest absolute Gasteiger partial charge is 0.223 e. The van der Waals surface area contributed by atoms with Gasteiger partial charge in [-0.1, -0.05) is 31.4 Å². The largest absolute Gasteiger partial charge is 0.368 e. The molecule has 42 heavy (non-hydrogen) atoms. The molecule has 2 saturated heterocycles. The Hall–Kier alpha value is -4.27. The van der Waals surface area contributed by atoms with Crippen molar-refractivity contribution in [3.63, 3.8) is 0 Å². The maximum Gasteiger partial charge on any atom is 0.223 e. The van der Waals surface area contributed by atoms with Crippen molar-refractivity contribution in [2.75, 3.05) is 19.6 Å². The highest BCUT2D eigenvalue weighted by Crippen LogP contribution is 2.33. The van der Waals surface area contributed by atoms with Gasteiger partial charge < -0.3 is 9.80 Å². The molecule has 1 unspecified atom stereocenters. The summed E-state index contributed by atoms with van der Waals surface area (Å²) in [5.74, 6) is 0.309. The first-order chi connectivity index (χ1) is 20.6. The topological polar surface area (TPSA) is 83.9 Å². The van der Waals surface area contributed by atoms with Crippen LogP contribution in [0.5, 0.6) is 0 Å². The lowest BCUT2D eigenvalue weighted by Gasteiger charge is -2.39. The Morgan fingerprint density at radius 3 is 2.79 bits per heavy atom. The fourth-order valence-electron chi connectivity index (χ4n) is 7.05. The van der Waals surface area contributed by atoms with Gasteiger partial charge in [-0.3, -0.25) is 14.5 Å². The zero-order valence-corrected chi connectivity index (χ0v) is 24.3. The number of carbonyl (C=O) groups is 1. The van der Waals surface area contributed by atoms with Gasteiger partial charge in [0.25, 0.3) is 0 Å². The molecule has 3 aromatic heterocycles.